The topological polar surface area (TPSA) is 99.3 Å². The molecule has 2 amide bonds. The number of aromatic amines is 1. The number of pyridine rings is 1. The highest BCUT2D eigenvalue weighted by Gasteiger charge is 2.32. The minimum atomic E-state index is -0.259. The fraction of sp³-hybridized carbons (Fsp3) is 0.450. The molecule has 0 spiro atoms. The number of nitrogens with one attached hydrogen (secondary N) is 1. The monoisotopic (exact) mass is 381 g/mol. The maximum absolute atomic E-state index is 13.0. The summed E-state index contributed by atoms with van der Waals surface area (Å²) in [6.45, 7) is 2.97. The van der Waals surface area contributed by atoms with E-state index in [-0.39, 0.29) is 30.0 Å². The molecule has 2 aliphatic heterocycles. The van der Waals surface area contributed by atoms with Gasteiger partial charge in [0.1, 0.15) is 5.82 Å². The molecule has 1 saturated heterocycles. The van der Waals surface area contributed by atoms with Crippen LogP contribution in [0.4, 0.5) is 0 Å². The minimum absolute atomic E-state index is 0.0466. The number of piperidine rings is 1. The lowest BCUT2D eigenvalue weighted by atomic mass is 9.99. The number of carbonyl (C=O) groups is 2. The van der Waals surface area contributed by atoms with E-state index in [0.717, 1.165) is 25.0 Å². The van der Waals surface area contributed by atoms with Crippen LogP contribution in [0.5, 0.6) is 0 Å². The maximum atomic E-state index is 13.0. The standard InChI is InChI=1S/C20H23N5O3/c1-13(26)24-10-7-16-15(12-24)19(27)23-18(22-16)17-6-2-3-9-25(17)20(28)14-5-4-8-21-11-14/h4-5,8,11,17H,2-3,6-7,9-10,12H2,1H3,(H,22,23,27)/t17-/m0/s1. The van der Waals surface area contributed by atoms with E-state index < -0.39 is 0 Å². The van der Waals surface area contributed by atoms with Crippen molar-refractivity contribution in [3.63, 3.8) is 0 Å². The third-order valence-corrected chi connectivity index (χ3v) is 5.52. The van der Waals surface area contributed by atoms with E-state index in [0.29, 0.717) is 36.5 Å². The average Bonchev–Trinajstić information content (AvgIpc) is 2.73. The molecule has 0 bridgehead atoms. The lowest BCUT2D eigenvalue weighted by Crippen LogP contribution is -2.42. The molecule has 2 aromatic heterocycles. The fourth-order valence-corrected chi connectivity index (χ4v) is 3.98. The molecular formula is C20H23N5O3. The summed E-state index contributed by atoms with van der Waals surface area (Å²) in [7, 11) is 0. The van der Waals surface area contributed by atoms with E-state index in [9.17, 15) is 14.4 Å². The lowest BCUT2D eigenvalue weighted by molar-refractivity contribution is -0.129. The van der Waals surface area contributed by atoms with Gasteiger partial charge in [-0.25, -0.2) is 4.98 Å². The van der Waals surface area contributed by atoms with Gasteiger partial charge in [0, 0.05) is 38.8 Å². The van der Waals surface area contributed by atoms with Crippen molar-refractivity contribution >= 4 is 11.8 Å². The van der Waals surface area contributed by atoms with Gasteiger partial charge in [-0.2, -0.15) is 0 Å². The molecule has 1 atom stereocenters. The molecule has 1 fully saturated rings. The molecular weight excluding hydrogens is 358 g/mol. The Morgan fingerprint density at radius 2 is 2.11 bits per heavy atom. The van der Waals surface area contributed by atoms with Gasteiger partial charge in [-0.15, -0.1) is 0 Å². The Morgan fingerprint density at radius 3 is 2.86 bits per heavy atom. The summed E-state index contributed by atoms with van der Waals surface area (Å²) >= 11 is 0. The largest absolute Gasteiger partial charge is 0.338 e. The Labute approximate surface area is 162 Å². The molecule has 8 heteroatoms. The second-order valence-corrected chi connectivity index (χ2v) is 7.32. The smallest absolute Gasteiger partial charge is 0.256 e. The first-order chi connectivity index (χ1) is 13.5. The first-order valence-corrected chi connectivity index (χ1v) is 9.63. The Balaban J connectivity index is 1.66. The van der Waals surface area contributed by atoms with Gasteiger partial charge in [0.25, 0.3) is 11.5 Å². The highest BCUT2D eigenvalue weighted by Crippen LogP contribution is 2.30. The summed E-state index contributed by atoms with van der Waals surface area (Å²) in [5.41, 5.74) is 1.60. The predicted octanol–water partition coefficient (Wildman–Crippen LogP) is 1.44. The maximum Gasteiger partial charge on any atom is 0.256 e. The van der Waals surface area contributed by atoms with Gasteiger partial charge >= 0.3 is 0 Å². The third-order valence-electron chi connectivity index (χ3n) is 5.52. The second kappa shape index (κ2) is 7.53. The highest BCUT2D eigenvalue weighted by atomic mass is 16.2. The Kier molecular flexibility index (Phi) is 4.93. The quantitative estimate of drug-likeness (QED) is 0.849. The van der Waals surface area contributed by atoms with Crippen molar-refractivity contribution in [3.05, 3.63) is 57.5 Å². The SMILES string of the molecule is CC(=O)N1CCc2nc([C@@H]3CCCCN3C(=O)c3cccnc3)[nH]c(=O)c2C1. The van der Waals surface area contributed by atoms with Gasteiger partial charge in [-0.1, -0.05) is 0 Å². The van der Waals surface area contributed by atoms with Crippen LogP contribution in [0.1, 0.15) is 59.7 Å². The molecule has 2 aliphatic rings. The second-order valence-electron chi connectivity index (χ2n) is 7.32. The molecule has 0 saturated carbocycles. The Morgan fingerprint density at radius 1 is 1.25 bits per heavy atom. The number of fused-ring (bicyclic) bond motifs is 1. The van der Waals surface area contributed by atoms with Gasteiger partial charge in [0.2, 0.25) is 5.91 Å². The molecule has 1 N–H and O–H groups in total. The van der Waals surface area contributed by atoms with Gasteiger partial charge < -0.3 is 14.8 Å². The summed E-state index contributed by atoms with van der Waals surface area (Å²) in [5.74, 6) is 0.396. The molecule has 4 rings (SSSR count). The molecule has 0 unspecified atom stereocenters. The molecule has 0 radical (unpaired) electrons. The summed E-state index contributed by atoms with van der Waals surface area (Å²) in [5, 5.41) is 0. The van der Waals surface area contributed by atoms with E-state index >= 15 is 0 Å². The zero-order valence-corrected chi connectivity index (χ0v) is 15.9. The molecule has 2 aromatic rings. The molecule has 28 heavy (non-hydrogen) atoms. The number of likely N-dealkylation sites (tertiary alicyclic amines) is 1. The minimum Gasteiger partial charge on any atom is -0.338 e. The van der Waals surface area contributed by atoms with Crippen LogP contribution in [0.15, 0.2) is 29.3 Å². The van der Waals surface area contributed by atoms with Crippen molar-refractivity contribution in [3.8, 4) is 0 Å². The first kappa shape index (κ1) is 18.3. The van der Waals surface area contributed by atoms with E-state index in [1.54, 1.807) is 34.3 Å². The lowest BCUT2D eigenvalue weighted by Gasteiger charge is -2.35. The van der Waals surface area contributed by atoms with Crippen molar-refractivity contribution in [1.82, 2.24) is 24.8 Å². The fourth-order valence-electron chi connectivity index (χ4n) is 3.98. The normalized spacial score (nSPS) is 19.2. The summed E-state index contributed by atoms with van der Waals surface area (Å²) < 4.78 is 0. The van der Waals surface area contributed by atoms with E-state index in [4.69, 9.17) is 4.98 Å². The van der Waals surface area contributed by atoms with Crippen LogP contribution in [0.3, 0.4) is 0 Å². The number of hydrogen-bond donors (Lipinski definition) is 1. The summed E-state index contributed by atoms with van der Waals surface area (Å²) in [6.07, 6.45) is 6.40. The zero-order chi connectivity index (χ0) is 19.7. The van der Waals surface area contributed by atoms with Crippen LogP contribution in [0, 0.1) is 0 Å². The van der Waals surface area contributed by atoms with E-state index in [1.807, 2.05) is 0 Å². The number of hydrogen-bond acceptors (Lipinski definition) is 5. The number of nitrogens with zero attached hydrogens (tertiary/aromatic N) is 4. The molecule has 8 nitrogen and oxygen atoms in total. The van der Waals surface area contributed by atoms with Crippen LogP contribution in [-0.2, 0) is 17.8 Å². The van der Waals surface area contributed by atoms with Crippen LogP contribution in [-0.4, -0.2) is 49.7 Å². The molecule has 0 aromatic carbocycles. The van der Waals surface area contributed by atoms with Crippen molar-refractivity contribution in [2.24, 2.45) is 0 Å². The third kappa shape index (κ3) is 3.42. The Bertz CT molecular complexity index is 956. The van der Waals surface area contributed by atoms with Crippen LogP contribution < -0.4 is 5.56 Å². The number of amides is 2. The molecule has 146 valence electrons. The number of carbonyl (C=O) groups excluding carboxylic acids is 2. The van der Waals surface area contributed by atoms with Crippen molar-refractivity contribution in [1.29, 1.82) is 0 Å². The van der Waals surface area contributed by atoms with Gasteiger partial charge in [-0.3, -0.25) is 19.4 Å². The zero-order valence-electron chi connectivity index (χ0n) is 15.9. The highest BCUT2D eigenvalue weighted by molar-refractivity contribution is 5.94. The summed E-state index contributed by atoms with van der Waals surface area (Å²) in [6, 6.07) is 3.23. The average molecular weight is 381 g/mol. The first-order valence-electron chi connectivity index (χ1n) is 9.63. The van der Waals surface area contributed by atoms with Crippen LogP contribution >= 0.6 is 0 Å². The number of H-pyrrole nitrogens is 1. The Hall–Kier alpha value is -3.03. The molecule has 4 heterocycles. The van der Waals surface area contributed by atoms with Crippen LogP contribution in [0.25, 0.3) is 0 Å². The van der Waals surface area contributed by atoms with Crippen LogP contribution in [0.2, 0.25) is 0 Å². The van der Waals surface area contributed by atoms with Crippen molar-refractivity contribution < 1.29 is 9.59 Å². The number of aromatic nitrogens is 3. The van der Waals surface area contributed by atoms with E-state index in [2.05, 4.69) is 9.97 Å². The molecule has 0 aliphatic carbocycles. The van der Waals surface area contributed by atoms with Gasteiger partial charge in [0.05, 0.1) is 29.4 Å². The van der Waals surface area contributed by atoms with Gasteiger partial charge in [-0.05, 0) is 31.4 Å². The van der Waals surface area contributed by atoms with E-state index in [1.165, 1.54) is 6.92 Å². The summed E-state index contributed by atoms with van der Waals surface area (Å²) in [4.78, 5) is 52.4. The van der Waals surface area contributed by atoms with Crippen molar-refractivity contribution in [2.75, 3.05) is 13.1 Å². The van der Waals surface area contributed by atoms with Gasteiger partial charge in [0.15, 0.2) is 0 Å². The number of rotatable bonds is 2. The van der Waals surface area contributed by atoms with Crippen molar-refractivity contribution in [2.45, 2.75) is 45.2 Å². The predicted molar refractivity (Wildman–Crippen MR) is 102 cm³/mol.